The van der Waals surface area contributed by atoms with Crippen LogP contribution in [-0.2, 0) is 37.9 Å². The Morgan fingerprint density at radius 3 is 1.11 bits per heavy atom. The maximum Gasteiger partial charge on any atom is 0.0546 e. The van der Waals surface area contributed by atoms with Gasteiger partial charge in [0.25, 0.3) is 0 Å². The number of anilines is 3. The summed E-state index contributed by atoms with van der Waals surface area (Å²) >= 11 is 0. The van der Waals surface area contributed by atoms with Gasteiger partial charge in [-0.3, -0.25) is 0 Å². The molecule has 0 unspecified atom stereocenters. The number of nitrogens with zero attached hydrogens (tertiary/aromatic N) is 1. The van der Waals surface area contributed by atoms with Gasteiger partial charge >= 0.3 is 0 Å². The minimum absolute atomic E-state index is 0.0428. The molecule has 1 heteroatoms. The molecule has 0 heterocycles. The van der Waals surface area contributed by atoms with Gasteiger partial charge in [-0.2, -0.15) is 0 Å². The van der Waals surface area contributed by atoms with Crippen LogP contribution in [0, 0.1) is 0 Å². The highest BCUT2D eigenvalue weighted by Crippen LogP contribution is 2.61. The van der Waals surface area contributed by atoms with Crippen molar-refractivity contribution in [2.75, 3.05) is 4.90 Å². The third-order valence-corrected chi connectivity index (χ3v) is 15.3. The highest BCUT2D eigenvalue weighted by Gasteiger charge is 2.44. The van der Waals surface area contributed by atoms with Gasteiger partial charge in [0.15, 0.2) is 0 Å². The van der Waals surface area contributed by atoms with Crippen molar-refractivity contribution in [1.29, 1.82) is 0 Å². The lowest BCUT2D eigenvalue weighted by Gasteiger charge is -2.35. The van der Waals surface area contributed by atoms with E-state index in [1.807, 2.05) is 0 Å². The molecule has 0 radical (unpaired) electrons. The summed E-state index contributed by atoms with van der Waals surface area (Å²) in [6.07, 6.45) is 0. The summed E-state index contributed by atoms with van der Waals surface area (Å²) in [4.78, 5) is 2.72. The summed E-state index contributed by atoms with van der Waals surface area (Å²) in [5.74, 6) is 0. The van der Waals surface area contributed by atoms with E-state index in [0.717, 1.165) is 0 Å². The molecular formula is C61H71N. The Hall–Kier alpha value is -4.88. The summed E-state index contributed by atoms with van der Waals surface area (Å²) < 4.78 is 0. The Morgan fingerprint density at radius 2 is 0.677 bits per heavy atom. The SMILES string of the molecule is CC(C)(C)c1ccc2c(c1)C(C)(C)c1cc(C(C)(C)C)cc(N(c3ccc4c(c3)C(C)(C)c3ccccc3-4)c3cc(C(C)(C)C)cc4c3-c3ccc(C(C)(C)C)cc3C4(C)C)c1-2. The van der Waals surface area contributed by atoms with Gasteiger partial charge in [-0.05, 0) is 124 Å². The van der Waals surface area contributed by atoms with E-state index in [1.54, 1.807) is 0 Å². The van der Waals surface area contributed by atoms with Crippen LogP contribution in [0.5, 0.6) is 0 Å². The number of hydrogen-bond donors (Lipinski definition) is 0. The lowest BCUT2D eigenvalue weighted by atomic mass is 9.77. The van der Waals surface area contributed by atoms with E-state index in [1.165, 1.54) is 106 Å². The Bertz CT molecular complexity index is 2700. The fraction of sp³-hybridized carbons (Fsp3) is 0.410. The first-order chi connectivity index (χ1) is 28.5. The molecule has 6 aromatic rings. The first-order valence-electron chi connectivity index (χ1n) is 23.3. The van der Waals surface area contributed by atoms with Crippen LogP contribution in [0.2, 0.25) is 0 Å². The van der Waals surface area contributed by atoms with Crippen molar-refractivity contribution in [3.63, 3.8) is 0 Å². The normalized spacial score (nSPS) is 16.6. The molecule has 62 heavy (non-hydrogen) atoms. The van der Waals surface area contributed by atoms with Crippen LogP contribution < -0.4 is 4.90 Å². The maximum atomic E-state index is 2.72. The van der Waals surface area contributed by atoms with E-state index in [0.29, 0.717) is 0 Å². The Morgan fingerprint density at radius 1 is 0.323 bits per heavy atom. The van der Waals surface area contributed by atoms with Gasteiger partial charge in [-0.25, -0.2) is 0 Å². The fourth-order valence-corrected chi connectivity index (χ4v) is 11.0. The van der Waals surface area contributed by atoms with Crippen LogP contribution in [0.4, 0.5) is 17.1 Å². The van der Waals surface area contributed by atoms with Crippen LogP contribution in [0.3, 0.4) is 0 Å². The monoisotopic (exact) mass is 818 g/mol. The van der Waals surface area contributed by atoms with Gasteiger partial charge in [0, 0.05) is 33.1 Å². The van der Waals surface area contributed by atoms with E-state index in [2.05, 4.69) is 233 Å². The molecule has 3 aliphatic rings. The quantitative estimate of drug-likeness (QED) is 0.172. The second-order valence-electron chi connectivity index (χ2n) is 24.8. The van der Waals surface area contributed by atoms with Gasteiger partial charge in [0.05, 0.1) is 11.4 Å². The topological polar surface area (TPSA) is 3.24 Å². The number of rotatable bonds is 3. The van der Waals surface area contributed by atoms with E-state index < -0.39 is 0 Å². The molecule has 0 amide bonds. The molecule has 320 valence electrons. The average molecular weight is 818 g/mol. The third kappa shape index (κ3) is 6.22. The van der Waals surface area contributed by atoms with Gasteiger partial charge in [0.1, 0.15) is 0 Å². The predicted octanol–water partition coefficient (Wildman–Crippen LogP) is 17.3. The van der Waals surface area contributed by atoms with Gasteiger partial charge < -0.3 is 4.90 Å². The Balaban J connectivity index is 1.45. The zero-order valence-electron chi connectivity index (χ0n) is 41.3. The van der Waals surface area contributed by atoms with E-state index in [-0.39, 0.29) is 37.9 Å². The van der Waals surface area contributed by atoms with Crippen molar-refractivity contribution in [2.45, 2.75) is 163 Å². The second-order valence-corrected chi connectivity index (χ2v) is 24.8. The molecule has 1 nitrogen and oxygen atoms in total. The third-order valence-electron chi connectivity index (χ3n) is 15.3. The van der Waals surface area contributed by atoms with Crippen molar-refractivity contribution in [3.8, 4) is 33.4 Å². The van der Waals surface area contributed by atoms with Crippen LogP contribution in [0.15, 0.2) is 103 Å². The van der Waals surface area contributed by atoms with E-state index in [9.17, 15) is 0 Å². The van der Waals surface area contributed by atoms with Gasteiger partial charge in [-0.1, -0.05) is 203 Å². The second kappa shape index (κ2) is 13.1. The van der Waals surface area contributed by atoms with Gasteiger partial charge in [0.2, 0.25) is 0 Å². The maximum absolute atomic E-state index is 2.72. The molecule has 0 atom stereocenters. The zero-order chi connectivity index (χ0) is 45.1. The lowest BCUT2D eigenvalue weighted by molar-refractivity contribution is 0.580. The minimum Gasteiger partial charge on any atom is -0.309 e. The average Bonchev–Trinajstić information content (AvgIpc) is 3.65. The molecule has 0 saturated carbocycles. The fourth-order valence-electron chi connectivity index (χ4n) is 11.0. The highest BCUT2D eigenvalue weighted by atomic mass is 15.2. The number of hydrogen-bond acceptors (Lipinski definition) is 1. The van der Waals surface area contributed by atoms with Crippen molar-refractivity contribution < 1.29 is 0 Å². The summed E-state index contributed by atoms with van der Waals surface area (Å²) in [7, 11) is 0. The predicted molar refractivity (Wildman–Crippen MR) is 269 cm³/mol. The molecule has 0 spiro atoms. The summed E-state index contributed by atoms with van der Waals surface area (Å²) in [5, 5.41) is 0. The standard InChI is InChI=1S/C61H71N/c1-55(2,3)36-23-26-43-46(29-36)60(15,16)49-31-38(57(7,8)9)33-51(53(43)49)62(40-25-28-42-41-21-19-20-22-45(41)59(13,14)48(42)35-40)52-34-39(58(10,11)12)32-50-54(52)44-27-24-37(56(4,5)6)30-47(44)61(50,17)18/h19-35H,1-18H3. The van der Waals surface area contributed by atoms with Crippen LogP contribution in [0.25, 0.3) is 33.4 Å². The Kier molecular flexibility index (Phi) is 8.96. The first kappa shape index (κ1) is 42.4. The summed E-state index contributed by atoms with van der Waals surface area (Å²) in [5.41, 5.74) is 25.2. The molecule has 0 bridgehead atoms. The molecule has 0 N–H and O–H groups in total. The molecule has 6 aromatic carbocycles. The van der Waals surface area contributed by atoms with Crippen molar-refractivity contribution in [2.24, 2.45) is 0 Å². The zero-order valence-corrected chi connectivity index (χ0v) is 41.3. The number of benzene rings is 6. The lowest BCUT2D eigenvalue weighted by Crippen LogP contribution is -2.22. The molecule has 0 aromatic heterocycles. The Labute approximate surface area is 375 Å². The molecular weight excluding hydrogens is 747 g/mol. The van der Waals surface area contributed by atoms with Crippen LogP contribution >= 0.6 is 0 Å². The minimum atomic E-state index is -0.192. The molecule has 3 aliphatic carbocycles. The molecule has 0 aliphatic heterocycles. The first-order valence-corrected chi connectivity index (χ1v) is 23.3. The van der Waals surface area contributed by atoms with Crippen molar-refractivity contribution in [1.82, 2.24) is 0 Å². The van der Waals surface area contributed by atoms with E-state index >= 15 is 0 Å². The van der Waals surface area contributed by atoms with E-state index in [4.69, 9.17) is 0 Å². The summed E-state index contributed by atoms with van der Waals surface area (Å²) in [6.45, 7) is 43.0. The van der Waals surface area contributed by atoms with Crippen molar-refractivity contribution >= 4 is 17.1 Å². The van der Waals surface area contributed by atoms with Gasteiger partial charge in [-0.15, -0.1) is 0 Å². The summed E-state index contributed by atoms with van der Waals surface area (Å²) in [6, 6.07) is 41.4. The van der Waals surface area contributed by atoms with Crippen molar-refractivity contribution in [3.05, 3.63) is 159 Å². The smallest absolute Gasteiger partial charge is 0.0546 e. The number of fused-ring (bicyclic) bond motifs is 9. The highest BCUT2D eigenvalue weighted by molar-refractivity contribution is 6.01. The van der Waals surface area contributed by atoms with Crippen LogP contribution in [0.1, 0.15) is 180 Å². The molecule has 0 fully saturated rings. The molecule has 0 saturated heterocycles. The molecule has 9 rings (SSSR count). The van der Waals surface area contributed by atoms with Crippen LogP contribution in [-0.4, -0.2) is 0 Å². The largest absolute Gasteiger partial charge is 0.309 e.